The van der Waals surface area contributed by atoms with Crippen LogP contribution in [-0.4, -0.2) is 18.0 Å². The highest BCUT2D eigenvalue weighted by atomic mass is 35.5. The molecule has 134 valence electrons. The van der Waals surface area contributed by atoms with Crippen LogP contribution in [0.25, 0.3) is 0 Å². The Balaban J connectivity index is 2.38. The van der Waals surface area contributed by atoms with Crippen LogP contribution in [-0.2, 0) is 24.5 Å². The van der Waals surface area contributed by atoms with Gasteiger partial charge in [-0.1, -0.05) is 11.6 Å². The molecule has 1 aromatic rings. The standard InChI is InChI=1S/C18H16ClN3O4/c1-8(2)25-16(23)14-9(3)26-15(21)12(7-20)18(14)11-6-10(19)4-5-13(11)22-17(18)24/h4-6,8H,21H2,1-3H3,(H,22,24). The number of hydrogen-bond donors (Lipinski definition) is 2. The molecule has 2 heterocycles. The molecule has 8 heteroatoms. The lowest BCUT2D eigenvalue weighted by Gasteiger charge is -2.34. The molecule has 3 N–H and O–H groups in total. The van der Waals surface area contributed by atoms with E-state index in [-0.39, 0.29) is 22.8 Å². The summed E-state index contributed by atoms with van der Waals surface area (Å²) in [7, 11) is 0. The van der Waals surface area contributed by atoms with Gasteiger partial charge < -0.3 is 20.5 Å². The molecule has 2 aliphatic rings. The van der Waals surface area contributed by atoms with Crippen LogP contribution in [0.2, 0.25) is 5.02 Å². The third-order valence-electron chi connectivity index (χ3n) is 4.24. The van der Waals surface area contributed by atoms with E-state index in [0.717, 1.165) is 0 Å². The molecule has 1 amide bonds. The molecule has 1 aromatic carbocycles. The van der Waals surface area contributed by atoms with E-state index in [1.54, 1.807) is 26.0 Å². The number of fused-ring (bicyclic) bond motifs is 2. The number of anilines is 1. The minimum atomic E-state index is -1.77. The number of nitriles is 1. The number of ether oxygens (including phenoxy) is 2. The zero-order valence-electron chi connectivity index (χ0n) is 14.3. The largest absolute Gasteiger partial charge is 0.459 e. The predicted octanol–water partition coefficient (Wildman–Crippen LogP) is 2.48. The Bertz CT molecular complexity index is 942. The number of carbonyl (C=O) groups is 2. The molecule has 3 rings (SSSR count). The van der Waals surface area contributed by atoms with E-state index in [1.165, 1.54) is 13.0 Å². The van der Waals surface area contributed by atoms with Gasteiger partial charge in [0.05, 0.1) is 6.10 Å². The molecular formula is C18H16ClN3O4. The molecule has 0 bridgehead atoms. The minimum Gasteiger partial charge on any atom is -0.459 e. The van der Waals surface area contributed by atoms with Crippen molar-refractivity contribution < 1.29 is 19.1 Å². The number of allylic oxidation sites excluding steroid dienone is 1. The van der Waals surface area contributed by atoms with Gasteiger partial charge in [-0.25, -0.2) is 4.79 Å². The maximum atomic E-state index is 13.1. The van der Waals surface area contributed by atoms with E-state index in [2.05, 4.69) is 5.32 Å². The van der Waals surface area contributed by atoms with Crippen molar-refractivity contribution in [3.8, 4) is 6.07 Å². The molecule has 0 saturated heterocycles. The summed E-state index contributed by atoms with van der Waals surface area (Å²) in [6.07, 6.45) is -0.433. The molecule has 26 heavy (non-hydrogen) atoms. The fourth-order valence-corrected chi connectivity index (χ4v) is 3.49. The molecular weight excluding hydrogens is 358 g/mol. The van der Waals surface area contributed by atoms with Crippen molar-refractivity contribution in [3.05, 3.63) is 51.6 Å². The fourth-order valence-electron chi connectivity index (χ4n) is 3.32. The topological polar surface area (TPSA) is 114 Å². The van der Waals surface area contributed by atoms with Crippen LogP contribution < -0.4 is 11.1 Å². The lowest BCUT2D eigenvalue weighted by Crippen LogP contribution is -2.46. The van der Waals surface area contributed by atoms with Crippen LogP contribution in [0.5, 0.6) is 0 Å². The second kappa shape index (κ2) is 6.07. The van der Waals surface area contributed by atoms with E-state index in [4.69, 9.17) is 26.8 Å². The average Bonchev–Trinajstić information content (AvgIpc) is 2.80. The Morgan fingerprint density at radius 3 is 2.77 bits per heavy atom. The van der Waals surface area contributed by atoms with Gasteiger partial charge in [-0.15, -0.1) is 0 Å². The zero-order valence-corrected chi connectivity index (χ0v) is 15.1. The number of amides is 1. The molecule has 1 atom stereocenters. The van der Waals surface area contributed by atoms with Crippen molar-refractivity contribution in [2.24, 2.45) is 5.73 Å². The van der Waals surface area contributed by atoms with Crippen LogP contribution in [0.3, 0.4) is 0 Å². The van der Waals surface area contributed by atoms with Crippen molar-refractivity contribution >= 4 is 29.2 Å². The number of nitrogens with one attached hydrogen (secondary N) is 1. The number of rotatable bonds is 2. The first-order valence-electron chi connectivity index (χ1n) is 7.85. The van der Waals surface area contributed by atoms with E-state index in [9.17, 15) is 14.9 Å². The number of nitrogens with zero attached hydrogens (tertiary/aromatic N) is 1. The Morgan fingerprint density at radius 1 is 1.46 bits per heavy atom. The van der Waals surface area contributed by atoms with Gasteiger partial charge in [-0.05, 0) is 39.0 Å². The molecule has 0 saturated carbocycles. The Labute approximate surface area is 155 Å². The molecule has 0 radical (unpaired) electrons. The van der Waals surface area contributed by atoms with Gasteiger partial charge >= 0.3 is 5.97 Å². The van der Waals surface area contributed by atoms with Gasteiger partial charge in [-0.2, -0.15) is 5.26 Å². The van der Waals surface area contributed by atoms with Gasteiger partial charge in [0.1, 0.15) is 23.0 Å². The second-order valence-corrected chi connectivity index (χ2v) is 6.67. The maximum absolute atomic E-state index is 13.1. The lowest BCUT2D eigenvalue weighted by molar-refractivity contribution is -0.144. The third-order valence-corrected chi connectivity index (χ3v) is 4.48. The average molecular weight is 374 g/mol. The van der Waals surface area contributed by atoms with E-state index < -0.39 is 23.4 Å². The first-order valence-corrected chi connectivity index (χ1v) is 8.23. The van der Waals surface area contributed by atoms with Gasteiger partial charge in [-0.3, -0.25) is 4.79 Å². The van der Waals surface area contributed by atoms with Crippen LogP contribution in [0.4, 0.5) is 5.69 Å². The monoisotopic (exact) mass is 373 g/mol. The summed E-state index contributed by atoms with van der Waals surface area (Å²) in [4.78, 5) is 25.9. The van der Waals surface area contributed by atoms with Gasteiger partial charge in [0.15, 0.2) is 5.41 Å². The number of hydrogen-bond acceptors (Lipinski definition) is 6. The van der Waals surface area contributed by atoms with Crippen LogP contribution in [0.15, 0.2) is 41.0 Å². The SMILES string of the molecule is CC1=C(C(=O)OC(C)C)C2(C(=O)Nc3ccc(Cl)cc32)C(C#N)=C(N)O1. The van der Waals surface area contributed by atoms with E-state index in [1.807, 2.05) is 6.07 Å². The van der Waals surface area contributed by atoms with Gasteiger partial charge in [0.2, 0.25) is 11.8 Å². The highest BCUT2D eigenvalue weighted by Gasteiger charge is 2.60. The van der Waals surface area contributed by atoms with Crippen LogP contribution >= 0.6 is 11.6 Å². The maximum Gasteiger partial charge on any atom is 0.339 e. The summed E-state index contributed by atoms with van der Waals surface area (Å²) >= 11 is 6.12. The highest BCUT2D eigenvalue weighted by Crippen LogP contribution is 2.52. The van der Waals surface area contributed by atoms with Crippen molar-refractivity contribution in [1.82, 2.24) is 0 Å². The number of carbonyl (C=O) groups excluding carboxylic acids is 2. The first kappa shape index (κ1) is 17.8. The quantitative estimate of drug-likeness (QED) is 0.769. The molecule has 1 unspecified atom stereocenters. The summed E-state index contributed by atoms with van der Waals surface area (Å²) in [5.41, 5.74) is 4.64. The molecule has 7 nitrogen and oxygen atoms in total. The van der Waals surface area contributed by atoms with E-state index in [0.29, 0.717) is 16.3 Å². The fraction of sp³-hybridized carbons (Fsp3) is 0.278. The Hall–Kier alpha value is -2.98. The summed E-state index contributed by atoms with van der Waals surface area (Å²) in [5.74, 6) is -1.50. The number of benzene rings is 1. The minimum absolute atomic E-state index is 0.0875. The lowest BCUT2D eigenvalue weighted by atomic mass is 9.68. The predicted molar refractivity (Wildman–Crippen MR) is 93.6 cm³/mol. The smallest absolute Gasteiger partial charge is 0.339 e. The molecule has 0 fully saturated rings. The summed E-state index contributed by atoms with van der Waals surface area (Å²) in [5, 5.41) is 12.7. The van der Waals surface area contributed by atoms with Crippen LogP contribution in [0.1, 0.15) is 26.3 Å². The van der Waals surface area contributed by atoms with Gasteiger partial charge in [0.25, 0.3) is 0 Å². The summed E-state index contributed by atoms with van der Waals surface area (Å²) < 4.78 is 10.7. The molecule has 1 spiro atoms. The van der Waals surface area contributed by atoms with E-state index >= 15 is 0 Å². The third kappa shape index (κ3) is 2.34. The first-order chi connectivity index (χ1) is 12.2. The molecule has 0 aliphatic carbocycles. The molecule has 2 aliphatic heterocycles. The summed E-state index contributed by atoms with van der Waals surface area (Å²) in [6.45, 7) is 4.85. The summed E-state index contributed by atoms with van der Waals surface area (Å²) in [6, 6.07) is 6.65. The Kier molecular flexibility index (Phi) is 4.17. The van der Waals surface area contributed by atoms with Crippen molar-refractivity contribution in [2.75, 3.05) is 5.32 Å². The molecule has 0 aromatic heterocycles. The Morgan fingerprint density at radius 2 is 2.15 bits per heavy atom. The van der Waals surface area contributed by atoms with Crippen molar-refractivity contribution in [2.45, 2.75) is 32.3 Å². The van der Waals surface area contributed by atoms with Crippen LogP contribution in [0, 0.1) is 11.3 Å². The normalized spacial score (nSPS) is 21.5. The van der Waals surface area contributed by atoms with Crippen molar-refractivity contribution in [1.29, 1.82) is 5.26 Å². The second-order valence-electron chi connectivity index (χ2n) is 6.23. The number of esters is 1. The highest BCUT2D eigenvalue weighted by molar-refractivity contribution is 6.31. The van der Waals surface area contributed by atoms with Gasteiger partial charge in [0, 0.05) is 16.3 Å². The zero-order chi connectivity index (χ0) is 19.2. The van der Waals surface area contributed by atoms with Crippen molar-refractivity contribution in [3.63, 3.8) is 0 Å². The number of nitrogens with two attached hydrogens (primary N) is 1. The number of halogens is 1.